The van der Waals surface area contributed by atoms with E-state index < -0.39 is 34.7 Å². The van der Waals surface area contributed by atoms with E-state index in [0.29, 0.717) is 106 Å². The van der Waals surface area contributed by atoms with E-state index in [9.17, 15) is 54.3 Å². The Hall–Kier alpha value is -5.73. The second-order valence-electron chi connectivity index (χ2n) is 26.6. The zero-order valence-electron chi connectivity index (χ0n) is 51.0. The SMILES string of the molecule is C=c1c(C)c(O)c(=C)c(C(C)(C)CC(=O)N(C)CCN(CCCCCC(=O)NCCCCC(NC(=O)CC[C@@H](C)[C@H]2CC[C@H]3[C@@H]4CC[C@@H]5C[C@H](O)CC[C@]5(C)[C@H]4CC[C@]23C)C(=O)O)C(=O)Oc2ccc3nc(C4=NCC(C(=O)O)S4)sc3c2)c1O. The first-order valence-electron chi connectivity index (χ1n) is 31.0. The summed E-state index contributed by atoms with van der Waals surface area (Å²) in [6, 6.07) is 4.03. The first-order chi connectivity index (χ1) is 40.2. The third-order valence-electron chi connectivity index (χ3n) is 20.7. The van der Waals surface area contributed by atoms with Gasteiger partial charge >= 0.3 is 18.0 Å². The molecule has 466 valence electrons. The number of aliphatic imine (C=N–C) groups is 1. The molecule has 0 spiro atoms. The summed E-state index contributed by atoms with van der Waals surface area (Å²) in [6.45, 7) is 21.4. The molecule has 85 heavy (non-hydrogen) atoms. The third-order valence-corrected chi connectivity index (χ3v) is 23.0. The number of nitrogens with one attached hydrogen (secondary N) is 2. The molecular formula is C65H92N6O12S2. The second kappa shape index (κ2) is 27.5. The number of amides is 4. The number of hydrogen-bond donors (Lipinski definition) is 7. The highest BCUT2D eigenvalue weighted by Crippen LogP contribution is 2.68. The predicted molar refractivity (Wildman–Crippen MR) is 332 cm³/mol. The zero-order chi connectivity index (χ0) is 61.7. The van der Waals surface area contributed by atoms with Crippen molar-refractivity contribution in [3.63, 3.8) is 0 Å². The number of benzene rings is 2. The molecule has 20 heteroatoms. The van der Waals surface area contributed by atoms with E-state index >= 15 is 0 Å². The minimum atomic E-state index is -1.07. The molecule has 0 radical (unpaired) electrons. The Morgan fingerprint density at radius 2 is 1.60 bits per heavy atom. The van der Waals surface area contributed by atoms with Gasteiger partial charge in [-0.25, -0.2) is 14.6 Å². The summed E-state index contributed by atoms with van der Waals surface area (Å²) in [7, 11) is 1.62. The molecule has 4 aliphatic carbocycles. The van der Waals surface area contributed by atoms with Crippen LogP contribution in [0.2, 0.25) is 0 Å². The van der Waals surface area contributed by atoms with Crippen LogP contribution in [0.5, 0.6) is 17.2 Å². The van der Waals surface area contributed by atoms with Gasteiger partial charge in [0.1, 0.15) is 38.6 Å². The predicted octanol–water partition coefficient (Wildman–Crippen LogP) is 9.26. The standard InChI is InChI=1S/C65H92N6O12S2/c1-37(45-21-22-46-44-20-18-41-33-42(72)25-27-64(41,7)47(44)26-28-65(45,46)8)17-24-53(74)68-49(60(78)79)15-12-13-29-66-52(73)16-11-10-14-30-71(32-31-70(9)54(75)35-63(5,6)55-40(4)56(76)38(2)39(3)57(55)77)62(82)83-43-19-23-48-50(34-43)84-59(69-48)58-67-36-51(85-58)61(80)81/h19,23,34,37,41-42,44-47,49,51,72,76-77H,3-4,10-18,20-22,24-33,35-36H2,1-2,5-9H3,(H,66,73)(H,68,74)(H,78,79)(H,80,81)/t37-,41-,42-,44+,45-,46+,47+,49?,51?,64+,65-/m1/s1. The van der Waals surface area contributed by atoms with Crippen LogP contribution < -0.4 is 25.8 Å². The number of aliphatic hydroxyl groups is 1. The van der Waals surface area contributed by atoms with Crippen LogP contribution in [0.15, 0.2) is 23.2 Å². The maximum atomic E-state index is 13.9. The van der Waals surface area contributed by atoms with Crippen molar-refractivity contribution in [2.75, 3.05) is 39.8 Å². The largest absolute Gasteiger partial charge is 0.507 e. The molecule has 8 rings (SSSR count). The van der Waals surface area contributed by atoms with Gasteiger partial charge in [0, 0.05) is 85.5 Å². The van der Waals surface area contributed by atoms with Crippen LogP contribution in [0.3, 0.4) is 0 Å². The number of unbranched alkanes of at least 4 members (excludes halogenated alkanes) is 3. The highest BCUT2D eigenvalue weighted by Gasteiger charge is 2.60. The number of aromatic hydroxyl groups is 2. The fourth-order valence-electron chi connectivity index (χ4n) is 15.7. The quantitative estimate of drug-likeness (QED) is 0.0292. The highest BCUT2D eigenvalue weighted by atomic mass is 32.2. The summed E-state index contributed by atoms with van der Waals surface area (Å²) in [5.74, 6) is 1.11. The number of thioether (sulfide) groups is 1. The first-order valence-corrected chi connectivity index (χ1v) is 32.7. The number of thiazole rings is 1. The van der Waals surface area contributed by atoms with Gasteiger partial charge in [0.15, 0.2) is 0 Å². The van der Waals surface area contributed by atoms with E-state index in [4.69, 9.17) is 4.74 Å². The number of aliphatic hydroxyl groups excluding tert-OH is 1. The fraction of sp³-hybridized carbons (Fsp3) is 0.662. The summed E-state index contributed by atoms with van der Waals surface area (Å²) in [6.07, 6.45) is 13.8. The lowest BCUT2D eigenvalue weighted by Gasteiger charge is -2.61. The normalized spacial score (nSPS) is 26.1. The monoisotopic (exact) mass is 1210 g/mol. The van der Waals surface area contributed by atoms with Crippen LogP contribution in [-0.4, -0.2) is 138 Å². The second-order valence-corrected chi connectivity index (χ2v) is 28.8. The van der Waals surface area contributed by atoms with Gasteiger partial charge in [-0.15, -0.1) is 11.3 Å². The van der Waals surface area contributed by atoms with Crippen LogP contribution in [0.1, 0.15) is 173 Å². The van der Waals surface area contributed by atoms with Gasteiger partial charge in [0.25, 0.3) is 0 Å². The average Bonchev–Trinajstić information content (AvgIpc) is 1.88. The Bertz CT molecular complexity index is 3110. The van der Waals surface area contributed by atoms with Gasteiger partial charge in [-0.1, -0.05) is 66.0 Å². The molecule has 1 aliphatic heterocycles. The van der Waals surface area contributed by atoms with Crippen LogP contribution in [0, 0.1) is 53.3 Å². The Morgan fingerprint density at radius 3 is 2.33 bits per heavy atom. The van der Waals surface area contributed by atoms with Crippen LogP contribution in [-0.2, 0) is 29.4 Å². The lowest BCUT2D eigenvalue weighted by atomic mass is 9.44. The summed E-state index contributed by atoms with van der Waals surface area (Å²) < 4.78 is 6.62. The number of carbonyl (C=O) groups excluding carboxylic acids is 4. The van der Waals surface area contributed by atoms with Gasteiger partial charge in [-0.3, -0.25) is 24.2 Å². The van der Waals surface area contributed by atoms with Crippen molar-refractivity contribution in [2.45, 2.75) is 186 Å². The summed E-state index contributed by atoms with van der Waals surface area (Å²) in [5.41, 5.74) is 1.01. The molecular weight excluding hydrogens is 1120 g/mol. The molecule has 2 unspecified atom stereocenters. The third kappa shape index (κ3) is 14.8. The molecule has 7 N–H and O–H groups in total. The molecule has 2 heterocycles. The summed E-state index contributed by atoms with van der Waals surface area (Å²) >= 11 is 2.46. The Morgan fingerprint density at radius 1 is 0.859 bits per heavy atom. The zero-order valence-corrected chi connectivity index (χ0v) is 52.6. The number of nitrogens with zero attached hydrogens (tertiary/aromatic N) is 4. The molecule has 4 saturated carbocycles. The fourth-order valence-corrected chi connectivity index (χ4v) is 17.7. The number of aliphatic carboxylic acids is 2. The van der Waals surface area contributed by atoms with Crippen molar-refractivity contribution in [3.8, 4) is 17.2 Å². The molecule has 3 aromatic rings. The molecule has 11 atom stereocenters. The van der Waals surface area contributed by atoms with Crippen molar-refractivity contribution in [1.29, 1.82) is 0 Å². The number of carboxylic acids is 2. The van der Waals surface area contributed by atoms with Gasteiger partial charge in [0.2, 0.25) is 17.7 Å². The van der Waals surface area contributed by atoms with Gasteiger partial charge < -0.3 is 50.7 Å². The van der Waals surface area contributed by atoms with E-state index in [0.717, 1.165) is 49.3 Å². The van der Waals surface area contributed by atoms with Crippen molar-refractivity contribution in [3.05, 3.63) is 44.8 Å². The number of fused-ring (bicyclic) bond motifs is 6. The van der Waals surface area contributed by atoms with Crippen molar-refractivity contribution in [2.24, 2.45) is 51.3 Å². The number of hydrogen-bond acceptors (Lipinski definition) is 14. The maximum Gasteiger partial charge on any atom is 0.415 e. The van der Waals surface area contributed by atoms with E-state index in [1.54, 1.807) is 46.0 Å². The van der Waals surface area contributed by atoms with Crippen molar-refractivity contribution < 1.29 is 59.0 Å². The smallest absolute Gasteiger partial charge is 0.415 e. The van der Waals surface area contributed by atoms with Gasteiger partial charge in [0.05, 0.1) is 22.9 Å². The van der Waals surface area contributed by atoms with E-state index in [1.807, 2.05) is 0 Å². The van der Waals surface area contributed by atoms with Gasteiger partial charge in [-0.05, 0) is 162 Å². The maximum absolute atomic E-state index is 13.9. The lowest BCUT2D eigenvalue weighted by molar-refractivity contribution is -0.142. The van der Waals surface area contributed by atoms with Crippen LogP contribution in [0.25, 0.3) is 23.4 Å². The van der Waals surface area contributed by atoms with Crippen LogP contribution >= 0.6 is 23.1 Å². The number of carbonyl (C=O) groups is 6. The summed E-state index contributed by atoms with van der Waals surface area (Å²) in [4.78, 5) is 89.7. The number of rotatable bonds is 26. The lowest BCUT2D eigenvalue weighted by Crippen LogP contribution is -2.54. The minimum Gasteiger partial charge on any atom is -0.507 e. The molecule has 18 nitrogen and oxygen atoms in total. The van der Waals surface area contributed by atoms with E-state index in [-0.39, 0.29) is 102 Å². The average molecular weight is 1210 g/mol. The molecule has 4 amide bonds. The molecule has 0 saturated heterocycles. The Balaban J connectivity index is 0.767. The summed E-state index contributed by atoms with van der Waals surface area (Å²) in [5, 5.41) is 58.4. The Kier molecular flexibility index (Phi) is 21.1. The number of phenols is 2. The van der Waals surface area contributed by atoms with E-state index in [2.05, 4.69) is 54.5 Å². The number of phenolic OH excluding ortho intramolecular Hbond substituents is 2. The number of aromatic nitrogens is 1. The van der Waals surface area contributed by atoms with Gasteiger partial charge in [-0.2, -0.15) is 0 Å². The first kappa shape index (κ1) is 65.2. The molecule has 2 aromatic carbocycles. The number of likely N-dealkylation sites (N-methyl/N-ethyl adjacent to an activating group) is 1. The van der Waals surface area contributed by atoms with E-state index in [1.165, 1.54) is 59.7 Å². The molecule has 4 fully saturated rings. The highest BCUT2D eigenvalue weighted by molar-refractivity contribution is 8.16. The van der Waals surface area contributed by atoms with Crippen molar-refractivity contribution in [1.82, 2.24) is 25.4 Å². The molecule has 0 bridgehead atoms. The molecule has 5 aliphatic rings. The van der Waals surface area contributed by atoms with Crippen molar-refractivity contribution >= 4 is 87.3 Å². The van der Waals surface area contributed by atoms with Crippen LogP contribution in [0.4, 0.5) is 4.79 Å². The molecule has 1 aromatic heterocycles. The Labute approximate surface area is 508 Å². The minimum absolute atomic E-state index is 0.0517. The topological polar surface area (TPSA) is 269 Å². The number of carboxylic acid groups (broad SMARTS) is 2. The number of ether oxygens (including phenoxy) is 1.